The lowest BCUT2D eigenvalue weighted by Gasteiger charge is -2.38. The Bertz CT molecular complexity index is 549. The molecule has 0 amide bonds. The molecule has 0 N–H and O–H groups in total. The molecule has 0 radical (unpaired) electrons. The van der Waals surface area contributed by atoms with E-state index in [1.807, 2.05) is 12.1 Å². The van der Waals surface area contributed by atoms with Crippen molar-refractivity contribution in [1.82, 2.24) is 4.90 Å². The Morgan fingerprint density at radius 1 is 1.14 bits per heavy atom. The summed E-state index contributed by atoms with van der Waals surface area (Å²) in [5.74, 6) is 0.610. The van der Waals surface area contributed by atoms with E-state index in [4.69, 9.17) is 30.5 Å². The molecule has 0 atom stereocenters. The van der Waals surface area contributed by atoms with Gasteiger partial charge in [0.25, 0.3) is 0 Å². The van der Waals surface area contributed by atoms with Crippen LogP contribution in [0.3, 0.4) is 0 Å². The van der Waals surface area contributed by atoms with E-state index in [9.17, 15) is 0 Å². The largest absolute Gasteiger partial charge is 0.467 e. The zero-order valence-corrected chi connectivity index (χ0v) is 13.2. The highest BCUT2D eigenvalue weighted by atomic mass is 35.5. The highest BCUT2D eigenvalue weighted by molar-refractivity contribution is 6.30. The molecule has 2 saturated heterocycles. The first-order valence-corrected chi connectivity index (χ1v) is 8.14. The Morgan fingerprint density at radius 3 is 2.68 bits per heavy atom. The van der Waals surface area contributed by atoms with Gasteiger partial charge in [0.1, 0.15) is 5.75 Å². The van der Waals surface area contributed by atoms with Crippen LogP contribution in [0, 0.1) is 0 Å². The van der Waals surface area contributed by atoms with Crippen molar-refractivity contribution in [1.29, 1.82) is 0 Å². The van der Waals surface area contributed by atoms with Gasteiger partial charge in [0.05, 0.1) is 19.8 Å². The molecular formula is C16H20ClNO4. The van der Waals surface area contributed by atoms with Crippen LogP contribution in [-0.4, -0.2) is 43.8 Å². The summed E-state index contributed by atoms with van der Waals surface area (Å²) >= 11 is 6.23. The van der Waals surface area contributed by atoms with Crippen molar-refractivity contribution in [3.05, 3.63) is 28.3 Å². The van der Waals surface area contributed by atoms with E-state index in [1.54, 1.807) is 0 Å². The number of nitrogens with zero attached hydrogens (tertiary/aromatic N) is 1. The normalized spacial score (nSPS) is 24.2. The number of likely N-dealkylation sites (tertiary alicyclic amines) is 1. The second-order valence-corrected chi connectivity index (χ2v) is 6.48. The molecule has 3 aliphatic rings. The lowest BCUT2D eigenvalue weighted by Crippen LogP contribution is -2.44. The standard InChI is InChI=1S/C16H20ClNO4/c17-14-7-12(15-13(8-14)10-19-11-20-15)9-18-3-1-16(2-4-18)21-5-6-22-16/h7-8H,1-6,9-11H2. The molecule has 22 heavy (non-hydrogen) atoms. The van der Waals surface area contributed by atoms with Gasteiger partial charge in [-0.25, -0.2) is 0 Å². The third kappa shape index (κ3) is 2.84. The number of ether oxygens (including phenoxy) is 4. The van der Waals surface area contributed by atoms with Gasteiger partial charge in [0.15, 0.2) is 12.6 Å². The first-order chi connectivity index (χ1) is 10.7. The van der Waals surface area contributed by atoms with Gasteiger partial charge in [-0.2, -0.15) is 0 Å². The SMILES string of the molecule is Clc1cc2c(c(CN3CCC4(CC3)OCCO4)c1)OCOC2. The molecule has 4 rings (SSSR count). The van der Waals surface area contributed by atoms with Crippen LogP contribution in [0.15, 0.2) is 12.1 Å². The first kappa shape index (κ1) is 14.7. The first-order valence-electron chi connectivity index (χ1n) is 7.76. The van der Waals surface area contributed by atoms with Crippen molar-refractivity contribution in [2.24, 2.45) is 0 Å². The number of fused-ring (bicyclic) bond motifs is 1. The average molecular weight is 326 g/mol. The number of hydrogen-bond donors (Lipinski definition) is 0. The molecule has 3 heterocycles. The predicted octanol–water partition coefficient (Wildman–Crippen LogP) is 2.55. The topological polar surface area (TPSA) is 40.2 Å². The molecule has 0 saturated carbocycles. The molecule has 0 aliphatic carbocycles. The minimum atomic E-state index is -0.325. The molecule has 0 aromatic heterocycles. The van der Waals surface area contributed by atoms with E-state index in [1.165, 1.54) is 0 Å². The van der Waals surface area contributed by atoms with Crippen LogP contribution in [-0.2, 0) is 27.4 Å². The average Bonchev–Trinajstić information content (AvgIpc) is 2.98. The maximum absolute atomic E-state index is 6.23. The maximum atomic E-state index is 6.23. The number of piperidine rings is 1. The fourth-order valence-electron chi connectivity index (χ4n) is 3.45. The summed E-state index contributed by atoms with van der Waals surface area (Å²) in [6, 6.07) is 3.92. The van der Waals surface area contributed by atoms with Gasteiger partial charge in [-0.05, 0) is 12.1 Å². The molecule has 3 aliphatic heterocycles. The van der Waals surface area contributed by atoms with Crippen LogP contribution in [0.5, 0.6) is 5.75 Å². The third-order valence-electron chi connectivity index (χ3n) is 4.58. The zero-order chi connectivity index (χ0) is 15.0. The summed E-state index contributed by atoms with van der Waals surface area (Å²) in [6.07, 6.45) is 1.83. The van der Waals surface area contributed by atoms with E-state index >= 15 is 0 Å². The molecule has 120 valence electrons. The number of halogens is 1. The van der Waals surface area contributed by atoms with Gasteiger partial charge < -0.3 is 18.9 Å². The Balaban J connectivity index is 1.47. The molecule has 2 fully saturated rings. The lowest BCUT2D eigenvalue weighted by molar-refractivity contribution is -0.185. The summed E-state index contributed by atoms with van der Waals surface area (Å²) < 4.78 is 22.6. The maximum Gasteiger partial charge on any atom is 0.189 e. The van der Waals surface area contributed by atoms with Crippen LogP contribution in [0.4, 0.5) is 0 Å². The minimum Gasteiger partial charge on any atom is -0.467 e. The molecule has 0 unspecified atom stereocenters. The summed E-state index contributed by atoms with van der Waals surface area (Å²) in [7, 11) is 0. The van der Waals surface area contributed by atoms with Gasteiger partial charge >= 0.3 is 0 Å². The van der Waals surface area contributed by atoms with Gasteiger partial charge in [-0.15, -0.1) is 0 Å². The number of rotatable bonds is 2. The second kappa shape index (κ2) is 5.98. The Kier molecular flexibility index (Phi) is 4.00. The highest BCUT2D eigenvalue weighted by Gasteiger charge is 2.39. The quantitative estimate of drug-likeness (QED) is 0.835. The lowest BCUT2D eigenvalue weighted by atomic mass is 10.0. The predicted molar refractivity (Wildman–Crippen MR) is 80.9 cm³/mol. The van der Waals surface area contributed by atoms with Crippen molar-refractivity contribution in [3.8, 4) is 5.75 Å². The van der Waals surface area contributed by atoms with Gasteiger partial charge in [0.2, 0.25) is 0 Å². The van der Waals surface area contributed by atoms with E-state index in [0.29, 0.717) is 13.4 Å². The summed E-state index contributed by atoms with van der Waals surface area (Å²) in [5.41, 5.74) is 2.17. The van der Waals surface area contributed by atoms with Crippen molar-refractivity contribution >= 4 is 11.6 Å². The smallest absolute Gasteiger partial charge is 0.189 e. The molecule has 0 bridgehead atoms. The molecule has 1 aromatic rings. The fourth-order valence-corrected chi connectivity index (χ4v) is 3.72. The Hall–Kier alpha value is -0.850. The van der Waals surface area contributed by atoms with Crippen molar-refractivity contribution < 1.29 is 18.9 Å². The minimum absolute atomic E-state index is 0.312. The second-order valence-electron chi connectivity index (χ2n) is 6.05. The van der Waals surface area contributed by atoms with Gasteiger partial charge in [-0.3, -0.25) is 4.90 Å². The van der Waals surface area contributed by atoms with Gasteiger partial charge in [0, 0.05) is 48.6 Å². The summed E-state index contributed by atoms with van der Waals surface area (Å²) in [5, 5.41) is 0.735. The Morgan fingerprint density at radius 2 is 1.91 bits per heavy atom. The Labute approximate surface area is 135 Å². The van der Waals surface area contributed by atoms with Crippen LogP contribution >= 0.6 is 11.6 Å². The van der Waals surface area contributed by atoms with Gasteiger partial charge in [-0.1, -0.05) is 11.6 Å². The molecule has 1 aromatic carbocycles. The monoisotopic (exact) mass is 325 g/mol. The third-order valence-corrected chi connectivity index (χ3v) is 4.80. The number of benzene rings is 1. The fraction of sp³-hybridized carbons (Fsp3) is 0.625. The van der Waals surface area contributed by atoms with E-state index in [0.717, 1.165) is 67.6 Å². The van der Waals surface area contributed by atoms with E-state index in [2.05, 4.69) is 4.90 Å². The number of hydrogen-bond acceptors (Lipinski definition) is 5. The summed E-state index contributed by atoms with van der Waals surface area (Å²) in [4.78, 5) is 2.40. The van der Waals surface area contributed by atoms with Crippen LogP contribution in [0.2, 0.25) is 5.02 Å². The summed E-state index contributed by atoms with van der Waals surface area (Å²) in [6.45, 7) is 5.06. The highest BCUT2D eigenvalue weighted by Crippen LogP contribution is 2.35. The molecular weight excluding hydrogens is 306 g/mol. The molecule has 1 spiro atoms. The van der Waals surface area contributed by atoms with Crippen molar-refractivity contribution in [3.63, 3.8) is 0 Å². The van der Waals surface area contributed by atoms with Crippen LogP contribution in [0.1, 0.15) is 24.0 Å². The van der Waals surface area contributed by atoms with E-state index in [-0.39, 0.29) is 5.79 Å². The zero-order valence-electron chi connectivity index (χ0n) is 12.5. The molecule has 5 nitrogen and oxygen atoms in total. The van der Waals surface area contributed by atoms with E-state index < -0.39 is 0 Å². The van der Waals surface area contributed by atoms with Crippen molar-refractivity contribution in [2.75, 3.05) is 33.1 Å². The molecule has 6 heteroatoms. The van der Waals surface area contributed by atoms with Crippen LogP contribution < -0.4 is 4.74 Å². The van der Waals surface area contributed by atoms with Crippen molar-refractivity contribution in [2.45, 2.75) is 31.8 Å². The van der Waals surface area contributed by atoms with Crippen LogP contribution in [0.25, 0.3) is 0 Å².